The van der Waals surface area contributed by atoms with E-state index >= 15 is 0 Å². The minimum absolute atomic E-state index is 0. The number of rotatable bonds is 6. The topological polar surface area (TPSA) is 87.6 Å². The Hall–Kier alpha value is -1.55. The predicted octanol–water partition coefficient (Wildman–Crippen LogP) is 1.59. The zero-order valence-electron chi connectivity index (χ0n) is 13.6. The minimum atomic E-state index is -1.10. The van der Waals surface area contributed by atoms with Crippen LogP contribution in [0.25, 0.3) is 0 Å². The molecule has 0 saturated carbocycles. The monoisotopic (exact) mass is 433 g/mol. The van der Waals surface area contributed by atoms with E-state index in [1.54, 1.807) is 36.2 Å². The molecular formula is C15H24IN5O2. The summed E-state index contributed by atoms with van der Waals surface area (Å²) in [4.78, 5) is 4.49. The van der Waals surface area contributed by atoms with Crippen LogP contribution in [0.15, 0.2) is 40.1 Å². The molecule has 0 spiro atoms. The molecule has 2 aromatic heterocycles. The van der Waals surface area contributed by atoms with Gasteiger partial charge >= 0.3 is 0 Å². The number of halogens is 1. The normalized spacial score (nSPS) is 14.0. The number of aliphatic hydroxyl groups is 1. The van der Waals surface area contributed by atoms with E-state index in [1.165, 1.54) is 0 Å². The van der Waals surface area contributed by atoms with Gasteiger partial charge in [0.25, 0.3) is 0 Å². The molecule has 128 valence electrons. The molecule has 23 heavy (non-hydrogen) atoms. The molecule has 0 aliphatic rings. The first-order valence-electron chi connectivity index (χ1n) is 7.28. The molecule has 0 aromatic carbocycles. The highest BCUT2D eigenvalue weighted by molar-refractivity contribution is 14.0. The van der Waals surface area contributed by atoms with Crippen LogP contribution in [-0.4, -0.2) is 33.9 Å². The number of aliphatic imine (C=N–C) groups is 1. The Kier molecular flexibility index (Phi) is 7.56. The van der Waals surface area contributed by atoms with Gasteiger partial charge in [-0.15, -0.1) is 24.0 Å². The van der Waals surface area contributed by atoms with Crippen molar-refractivity contribution in [1.82, 2.24) is 20.4 Å². The van der Waals surface area contributed by atoms with Crippen molar-refractivity contribution in [3.05, 3.63) is 42.1 Å². The van der Waals surface area contributed by atoms with Gasteiger partial charge in [0.1, 0.15) is 11.4 Å². The lowest BCUT2D eigenvalue weighted by atomic mass is 10.0. The number of hydrogen-bond donors (Lipinski definition) is 3. The summed E-state index contributed by atoms with van der Waals surface area (Å²) in [5.41, 5.74) is -0.0957. The Morgan fingerprint density at radius 2 is 2.22 bits per heavy atom. The largest absolute Gasteiger partial charge is 0.466 e. The second-order valence-electron chi connectivity index (χ2n) is 5.25. The first-order chi connectivity index (χ1) is 10.5. The van der Waals surface area contributed by atoms with Crippen molar-refractivity contribution in [2.75, 3.05) is 13.1 Å². The van der Waals surface area contributed by atoms with Crippen molar-refractivity contribution < 1.29 is 9.52 Å². The molecule has 0 amide bonds. The van der Waals surface area contributed by atoms with Crippen LogP contribution in [0.5, 0.6) is 0 Å². The lowest BCUT2D eigenvalue weighted by Crippen LogP contribution is -2.44. The maximum atomic E-state index is 10.4. The lowest BCUT2D eigenvalue weighted by molar-refractivity contribution is 0.0386. The number of aryl methyl sites for hydroxylation is 1. The Balaban J connectivity index is 0.00000264. The van der Waals surface area contributed by atoms with Crippen LogP contribution in [0.2, 0.25) is 0 Å². The predicted molar refractivity (Wildman–Crippen MR) is 99.7 cm³/mol. The van der Waals surface area contributed by atoms with Crippen molar-refractivity contribution in [2.24, 2.45) is 12.0 Å². The highest BCUT2D eigenvalue weighted by Crippen LogP contribution is 2.19. The molecule has 0 bridgehead atoms. The molecule has 2 rings (SSSR count). The molecular weight excluding hydrogens is 409 g/mol. The molecule has 0 fully saturated rings. The average molecular weight is 433 g/mol. The number of aromatic nitrogens is 2. The third-order valence-electron chi connectivity index (χ3n) is 3.32. The maximum Gasteiger partial charge on any atom is 0.191 e. The molecule has 0 aliphatic carbocycles. The fraction of sp³-hybridized carbons (Fsp3) is 0.467. The van der Waals surface area contributed by atoms with Crippen LogP contribution in [0.1, 0.15) is 25.3 Å². The SMILES string of the molecule is CCNC(=NCc1ccnn1C)NCC(C)(O)c1ccco1.I. The Bertz CT molecular complexity index is 607. The van der Waals surface area contributed by atoms with E-state index in [9.17, 15) is 5.11 Å². The highest BCUT2D eigenvalue weighted by Gasteiger charge is 2.26. The Labute approximate surface area is 153 Å². The van der Waals surface area contributed by atoms with Crippen molar-refractivity contribution in [1.29, 1.82) is 0 Å². The third-order valence-corrected chi connectivity index (χ3v) is 3.32. The summed E-state index contributed by atoms with van der Waals surface area (Å²) in [5.74, 6) is 1.15. The molecule has 0 saturated heterocycles. The van der Waals surface area contributed by atoms with Crippen LogP contribution in [0, 0.1) is 0 Å². The zero-order chi connectivity index (χ0) is 16.0. The quantitative estimate of drug-likeness (QED) is 0.366. The molecule has 7 nitrogen and oxygen atoms in total. The summed E-state index contributed by atoms with van der Waals surface area (Å²) in [7, 11) is 1.88. The van der Waals surface area contributed by atoms with E-state index in [1.807, 2.05) is 20.0 Å². The van der Waals surface area contributed by atoms with Gasteiger partial charge in [0, 0.05) is 19.8 Å². The van der Waals surface area contributed by atoms with E-state index in [0.29, 0.717) is 18.3 Å². The van der Waals surface area contributed by atoms with Crippen LogP contribution >= 0.6 is 24.0 Å². The van der Waals surface area contributed by atoms with Gasteiger partial charge in [-0.3, -0.25) is 4.68 Å². The molecule has 0 aliphatic heterocycles. The Morgan fingerprint density at radius 3 is 2.78 bits per heavy atom. The first-order valence-corrected chi connectivity index (χ1v) is 7.28. The molecule has 1 unspecified atom stereocenters. The van der Waals surface area contributed by atoms with E-state index in [4.69, 9.17) is 4.42 Å². The van der Waals surface area contributed by atoms with E-state index < -0.39 is 5.60 Å². The third kappa shape index (κ3) is 5.54. The fourth-order valence-corrected chi connectivity index (χ4v) is 1.99. The van der Waals surface area contributed by atoms with Crippen molar-refractivity contribution >= 4 is 29.9 Å². The van der Waals surface area contributed by atoms with Gasteiger partial charge in [-0.2, -0.15) is 5.10 Å². The number of nitrogens with one attached hydrogen (secondary N) is 2. The number of hydrogen-bond acceptors (Lipinski definition) is 4. The summed E-state index contributed by atoms with van der Waals surface area (Å²) in [6.07, 6.45) is 3.29. The van der Waals surface area contributed by atoms with Gasteiger partial charge in [-0.05, 0) is 32.0 Å². The second kappa shape index (κ2) is 8.92. The maximum absolute atomic E-state index is 10.4. The summed E-state index contributed by atoms with van der Waals surface area (Å²) in [6.45, 7) is 5.22. The lowest BCUT2D eigenvalue weighted by Gasteiger charge is -2.22. The Morgan fingerprint density at radius 1 is 1.43 bits per heavy atom. The fourth-order valence-electron chi connectivity index (χ4n) is 1.99. The van der Waals surface area contributed by atoms with Gasteiger partial charge < -0.3 is 20.2 Å². The number of guanidine groups is 1. The molecule has 3 N–H and O–H groups in total. The smallest absolute Gasteiger partial charge is 0.191 e. The average Bonchev–Trinajstić information content (AvgIpc) is 3.14. The summed E-state index contributed by atoms with van der Waals surface area (Å²) >= 11 is 0. The van der Waals surface area contributed by atoms with Crippen LogP contribution in [-0.2, 0) is 19.2 Å². The summed E-state index contributed by atoms with van der Waals surface area (Å²) in [5, 5.41) is 20.8. The van der Waals surface area contributed by atoms with Gasteiger partial charge in [-0.1, -0.05) is 0 Å². The summed E-state index contributed by atoms with van der Waals surface area (Å²) < 4.78 is 7.05. The second-order valence-corrected chi connectivity index (χ2v) is 5.25. The van der Waals surface area contributed by atoms with E-state index in [0.717, 1.165) is 12.2 Å². The van der Waals surface area contributed by atoms with Gasteiger partial charge in [0.2, 0.25) is 0 Å². The van der Waals surface area contributed by atoms with Gasteiger partial charge in [-0.25, -0.2) is 4.99 Å². The highest BCUT2D eigenvalue weighted by atomic mass is 127. The van der Waals surface area contributed by atoms with E-state index in [-0.39, 0.29) is 30.5 Å². The standard InChI is InChI=1S/C15H23N5O2.HI/c1-4-16-14(17-10-12-7-8-19-20(12)3)18-11-15(2,21)13-6-5-9-22-13;/h5-9,21H,4,10-11H2,1-3H3,(H2,16,17,18);1H. The minimum Gasteiger partial charge on any atom is -0.466 e. The van der Waals surface area contributed by atoms with Crippen LogP contribution in [0.3, 0.4) is 0 Å². The summed E-state index contributed by atoms with van der Waals surface area (Å²) in [6, 6.07) is 5.43. The van der Waals surface area contributed by atoms with Crippen LogP contribution < -0.4 is 10.6 Å². The number of nitrogens with zero attached hydrogens (tertiary/aromatic N) is 3. The van der Waals surface area contributed by atoms with Gasteiger partial charge in [0.15, 0.2) is 5.96 Å². The molecule has 0 radical (unpaired) electrons. The molecule has 2 aromatic rings. The van der Waals surface area contributed by atoms with Crippen molar-refractivity contribution in [2.45, 2.75) is 26.0 Å². The van der Waals surface area contributed by atoms with Gasteiger partial charge in [0.05, 0.1) is 25.0 Å². The zero-order valence-corrected chi connectivity index (χ0v) is 15.9. The number of furan rings is 1. The van der Waals surface area contributed by atoms with Crippen molar-refractivity contribution in [3.8, 4) is 0 Å². The van der Waals surface area contributed by atoms with E-state index in [2.05, 4.69) is 20.7 Å². The molecule has 2 heterocycles. The van der Waals surface area contributed by atoms with Crippen molar-refractivity contribution in [3.63, 3.8) is 0 Å². The molecule has 1 atom stereocenters. The first kappa shape index (κ1) is 19.5. The van der Waals surface area contributed by atoms with Crippen LogP contribution in [0.4, 0.5) is 0 Å². The molecule has 8 heteroatoms.